The minimum atomic E-state index is -0.608. The highest BCUT2D eigenvalue weighted by Crippen LogP contribution is 2.21. The summed E-state index contributed by atoms with van der Waals surface area (Å²) in [4.78, 5) is 34.9. The molecule has 0 aliphatic rings. The molecule has 3 aromatic rings. The first-order valence-electron chi connectivity index (χ1n) is 8.81. The summed E-state index contributed by atoms with van der Waals surface area (Å²) in [6.45, 7) is 0. The van der Waals surface area contributed by atoms with Crippen LogP contribution in [-0.2, 0) is 0 Å². The fraction of sp³-hybridized carbons (Fsp3) is 0. The summed E-state index contributed by atoms with van der Waals surface area (Å²) in [6.07, 6.45) is 1.10. The summed E-state index contributed by atoms with van der Waals surface area (Å²) in [5.74, 6) is -1.12. The molecule has 0 aliphatic heterocycles. The van der Waals surface area contributed by atoms with Gasteiger partial charge in [-0.2, -0.15) is 5.10 Å². The van der Waals surface area contributed by atoms with Crippen LogP contribution >= 0.6 is 15.9 Å². The molecule has 0 saturated heterocycles. The molecule has 0 aliphatic carbocycles. The summed E-state index contributed by atoms with van der Waals surface area (Å²) in [5, 5.41) is 27.0. The van der Waals surface area contributed by atoms with Crippen LogP contribution in [0.3, 0.4) is 0 Å². The van der Waals surface area contributed by atoms with E-state index in [1.54, 1.807) is 36.4 Å². The van der Waals surface area contributed by atoms with Crippen LogP contribution in [0.5, 0.6) is 5.75 Å². The summed E-state index contributed by atoms with van der Waals surface area (Å²) in [5.41, 5.74) is 3.23. The third-order valence-corrected chi connectivity index (χ3v) is 4.61. The maximum atomic E-state index is 12.3. The van der Waals surface area contributed by atoms with Gasteiger partial charge in [0.05, 0.1) is 11.1 Å². The number of aromatic hydroxyl groups is 1. The Morgan fingerprint density at radius 2 is 1.74 bits per heavy atom. The lowest BCUT2D eigenvalue weighted by Gasteiger charge is -2.07. The first-order chi connectivity index (χ1) is 14.8. The zero-order valence-electron chi connectivity index (χ0n) is 15.8. The standard InChI is InChI=1S/C21H15BrN4O5/c22-16-6-4-13(5-7-16)20(28)24-17-3-1-2-14(10-17)21(29)25-23-12-15-11-18(26(30)31)8-9-19(15)27/h1-12,27H,(H,24,28)(H,25,29)/b23-12+. The van der Waals surface area contributed by atoms with E-state index < -0.39 is 10.8 Å². The number of benzene rings is 3. The van der Waals surface area contributed by atoms with E-state index in [1.807, 2.05) is 0 Å². The van der Waals surface area contributed by atoms with Gasteiger partial charge in [0.1, 0.15) is 5.75 Å². The highest BCUT2D eigenvalue weighted by atomic mass is 79.9. The number of carbonyl (C=O) groups excluding carboxylic acids is 2. The van der Waals surface area contributed by atoms with Crippen molar-refractivity contribution in [2.45, 2.75) is 0 Å². The molecule has 3 N–H and O–H groups in total. The van der Waals surface area contributed by atoms with Gasteiger partial charge in [0.15, 0.2) is 0 Å². The van der Waals surface area contributed by atoms with E-state index in [1.165, 1.54) is 18.2 Å². The number of rotatable bonds is 6. The third-order valence-electron chi connectivity index (χ3n) is 4.08. The molecule has 2 amide bonds. The minimum Gasteiger partial charge on any atom is -0.507 e. The summed E-state index contributed by atoms with van der Waals surface area (Å²) in [6, 6.07) is 16.5. The second-order valence-corrected chi connectivity index (χ2v) is 7.16. The molecule has 156 valence electrons. The Hall–Kier alpha value is -4.05. The van der Waals surface area contributed by atoms with Crippen molar-refractivity contribution in [3.8, 4) is 5.75 Å². The minimum absolute atomic E-state index is 0.0741. The van der Waals surface area contributed by atoms with E-state index >= 15 is 0 Å². The second kappa shape index (κ2) is 9.63. The summed E-state index contributed by atoms with van der Waals surface area (Å²) >= 11 is 3.30. The molecular formula is C21H15BrN4O5. The van der Waals surface area contributed by atoms with Crippen molar-refractivity contribution < 1.29 is 19.6 Å². The van der Waals surface area contributed by atoms with Crippen molar-refractivity contribution in [3.05, 3.63) is 98.0 Å². The van der Waals surface area contributed by atoms with Gasteiger partial charge in [0, 0.05) is 39.0 Å². The smallest absolute Gasteiger partial charge is 0.271 e. The van der Waals surface area contributed by atoms with Gasteiger partial charge in [-0.25, -0.2) is 5.43 Å². The predicted octanol–water partition coefficient (Wildman–Crippen LogP) is 4.08. The normalized spacial score (nSPS) is 10.6. The SMILES string of the molecule is O=C(N/N=C/c1cc([N+](=O)[O-])ccc1O)c1cccc(NC(=O)c2ccc(Br)cc2)c1. The van der Waals surface area contributed by atoms with Crippen molar-refractivity contribution in [2.24, 2.45) is 5.10 Å². The lowest BCUT2D eigenvalue weighted by atomic mass is 10.1. The molecule has 0 spiro atoms. The van der Waals surface area contributed by atoms with E-state index in [0.29, 0.717) is 11.3 Å². The van der Waals surface area contributed by atoms with Gasteiger partial charge in [-0.05, 0) is 48.5 Å². The Morgan fingerprint density at radius 1 is 1.00 bits per heavy atom. The van der Waals surface area contributed by atoms with Gasteiger partial charge in [0.25, 0.3) is 17.5 Å². The van der Waals surface area contributed by atoms with Gasteiger partial charge < -0.3 is 10.4 Å². The molecule has 31 heavy (non-hydrogen) atoms. The van der Waals surface area contributed by atoms with Crippen molar-refractivity contribution in [1.82, 2.24) is 5.43 Å². The first-order valence-corrected chi connectivity index (χ1v) is 9.60. The van der Waals surface area contributed by atoms with E-state index in [0.717, 1.165) is 22.8 Å². The van der Waals surface area contributed by atoms with Crippen LogP contribution in [0.25, 0.3) is 0 Å². The number of carbonyl (C=O) groups is 2. The number of nitrogens with one attached hydrogen (secondary N) is 2. The van der Waals surface area contributed by atoms with Gasteiger partial charge in [-0.3, -0.25) is 19.7 Å². The van der Waals surface area contributed by atoms with Crippen LogP contribution in [0.2, 0.25) is 0 Å². The highest BCUT2D eigenvalue weighted by Gasteiger charge is 2.11. The van der Waals surface area contributed by atoms with Crippen molar-refractivity contribution in [2.75, 3.05) is 5.32 Å². The zero-order valence-corrected chi connectivity index (χ0v) is 17.4. The Balaban J connectivity index is 1.67. The number of nitro groups is 1. The molecule has 0 bridgehead atoms. The Bertz CT molecular complexity index is 1180. The molecule has 10 heteroatoms. The lowest BCUT2D eigenvalue weighted by molar-refractivity contribution is -0.384. The first kappa shape index (κ1) is 21.7. The Kier molecular flexibility index (Phi) is 6.73. The fourth-order valence-corrected chi connectivity index (χ4v) is 2.79. The van der Waals surface area contributed by atoms with E-state index in [9.17, 15) is 24.8 Å². The van der Waals surface area contributed by atoms with E-state index in [2.05, 4.69) is 31.8 Å². The number of hydrogen-bond donors (Lipinski definition) is 3. The average molecular weight is 483 g/mol. The van der Waals surface area contributed by atoms with Crippen molar-refractivity contribution in [3.63, 3.8) is 0 Å². The molecule has 3 rings (SSSR count). The molecule has 0 unspecified atom stereocenters. The van der Waals surface area contributed by atoms with Crippen molar-refractivity contribution in [1.29, 1.82) is 0 Å². The van der Waals surface area contributed by atoms with E-state index in [4.69, 9.17) is 0 Å². The number of halogens is 1. The van der Waals surface area contributed by atoms with Crippen LogP contribution in [-0.4, -0.2) is 28.1 Å². The quantitative estimate of drug-likeness (QED) is 0.276. The van der Waals surface area contributed by atoms with Crippen LogP contribution in [0.4, 0.5) is 11.4 Å². The molecule has 0 saturated carbocycles. The number of hydrogen-bond acceptors (Lipinski definition) is 6. The molecule has 0 radical (unpaired) electrons. The monoisotopic (exact) mass is 482 g/mol. The molecule has 9 nitrogen and oxygen atoms in total. The number of nitro benzene ring substituents is 1. The van der Waals surface area contributed by atoms with Gasteiger partial charge >= 0.3 is 0 Å². The summed E-state index contributed by atoms with van der Waals surface area (Å²) in [7, 11) is 0. The molecule has 0 fully saturated rings. The molecule has 0 atom stereocenters. The maximum Gasteiger partial charge on any atom is 0.271 e. The third kappa shape index (κ3) is 5.73. The Labute approximate surface area is 184 Å². The van der Waals surface area contributed by atoms with Gasteiger partial charge in [-0.15, -0.1) is 0 Å². The van der Waals surface area contributed by atoms with Gasteiger partial charge in [0.2, 0.25) is 0 Å². The molecule has 0 aromatic heterocycles. The molecule has 0 heterocycles. The van der Waals surface area contributed by atoms with E-state index in [-0.39, 0.29) is 28.5 Å². The number of phenolic OH excluding ortho intramolecular Hbond substituents is 1. The lowest BCUT2D eigenvalue weighted by Crippen LogP contribution is -2.18. The summed E-state index contributed by atoms with van der Waals surface area (Å²) < 4.78 is 0.849. The zero-order chi connectivity index (χ0) is 22.4. The van der Waals surface area contributed by atoms with Crippen LogP contribution in [0, 0.1) is 10.1 Å². The average Bonchev–Trinajstić information content (AvgIpc) is 2.75. The maximum absolute atomic E-state index is 12.3. The number of hydrazone groups is 1. The second-order valence-electron chi connectivity index (χ2n) is 6.24. The molecular weight excluding hydrogens is 468 g/mol. The van der Waals surface area contributed by atoms with Crippen molar-refractivity contribution >= 4 is 45.3 Å². The molecule has 3 aromatic carbocycles. The van der Waals surface area contributed by atoms with Crippen LogP contribution in [0.15, 0.2) is 76.3 Å². The topological polar surface area (TPSA) is 134 Å². The number of phenols is 1. The van der Waals surface area contributed by atoms with Gasteiger partial charge in [-0.1, -0.05) is 22.0 Å². The van der Waals surface area contributed by atoms with Crippen LogP contribution < -0.4 is 10.7 Å². The number of non-ortho nitro benzene ring substituents is 1. The highest BCUT2D eigenvalue weighted by molar-refractivity contribution is 9.10. The number of anilines is 1. The predicted molar refractivity (Wildman–Crippen MR) is 118 cm³/mol. The fourth-order valence-electron chi connectivity index (χ4n) is 2.53. The van der Waals surface area contributed by atoms with Crippen LogP contribution in [0.1, 0.15) is 26.3 Å². The number of nitrogens with zero attached hydrogens (tertiary/aromatic N) is 2. The Morgan fingerprint density at radius 3 is 2.45 bits per heavy atom. The number of amides is 2. The largest absolute Gasteiger partial charge is 0.507 e.